The zero-order valence-corrected chi connectivity index (χ0v) is 13.8. The average molecular weight is 409 g/mol. The van der Waals surface area contributed by atoms with Crippen molar-refractivity contribution in [3.8, 4) is 0 Å². The van der Waals surface area contributed by atoms with Crippen molar-refractivity contribution in [2.45, 2.75) is 49.0 Å². The molecule has 4 nitrogen and oxygen atoms in total. The molecule has 0 radical (unpaired) electrons. The molecule has 1 amide bonds. The van der Waals surface area contributed by atoms with Gasteiger partial charge >= 0.3 is 12.3 Å². The number of hydrogen-bond donors (Lipinski definition) is 0. The summed E-state index contributed by atoms with van der Waals surface area (Å²) >= 11 is 2.08. The highest BCUT2D eigenvalue weighted by molar-refractivity contribution is 14.1. The van der Waals surface area contributed by atoms with Gasteiger partial charge in [-0.15, -0.1) is 0 Å². The molecule has 0 aromatic rings. The summed E-state index contributed by atoms with van der Waals surface area (Å²) in [5, 5.41) is 0. The summed E-state index contributed by atoms with van der Waals surface area (Å²) in [4.78, 5) is 13.3. The minimum absolute atomic E-state index is 0.0339. The van der Waals surface area contributed by atoms with E-state index in [0.717, 1.165) is 0 Å². The molecule has 2 atom stereocenters. The maximum absolute atomic E-state index is 12.1. The van der Waals surface area contributed by atoms with Crippen LogP contribution in [0.5, 0.6) is 0 Å². The molecular weight excluding hydrogens is 390 g/mol. The van der Waals surface area contributed by atoms with Crippen molar-refractivity contribution >= 4 is 28.7 Å². The number of ether oxygens (including phenoxy) is 2. The van der Waals surface area contributed by atoms with Gasteiger partial charge in [-0.25, -0.2) is 4.79 Å². The lowest BCUT2D eigenvalue weighted by atomic mass is 10.2. The second kappa shape index (κ2) is 6.67. The van der Waals surface area contributed by atoms with Crippen LogP contribution in [0.3, 0.4) is 0 Å². The number of carbonyl (C=O) groups excluding carboxylic acids is 1. The molecule has 0 aromatic heterocycles. The van der Waals surface area contributed by atoms with Gasteiger partial charge in [-0.2, -0.15) is 13.2 Å². The van der Waals surface area contributed by atoms with Crippen LogP contribution in [-0.4, -0.2) is 52.5 Å². The molecule has 1 heterocycles. The summed E-state index contributed by atoms with van der Waals surface area (Å²) in [6.45, 7) is 5.60. The van der Waals surface area contributed by atoms with Crippen LogP contribution >= 0.6 is 22.6 Å². The number of likely N-dealkylation sites (tertiary alicyclic amines) is 1. The lowest BCUT2D eigenvalue weighted by Crippen LogP contribution is -2.36. The normalized spacial score (nSPS) is 24.1. The maximum Gasteiger partial charge on any atom is 0.410 e. The molecule has 0 spiro atoms. The van der Waals surface area contributed by atoms with Gasteiger partial charge in [0, 0.05) is 6.54 Å². The molecule has 0 bridgehead atoms. The molecule has 1 rings (SSSR count). The molecule has 0 N–H and O–H groups in total. The standard InChI is InChI=1S/C12H19F3INO3/c1-11(2,3)20-10(18)17-6-8(16)9(7-17)19-5-4-12(13,14)15/h8-9H,4-7H2,1-3H3. The van der Waals surface area contributed by atoms with Gasteiger partial charge in [0.25, 0.3) is 0 Å². The van der Waals surface area contributed by atoms with E-state index in [1.54, 1.807) is 20.8 Å². The molecule has 2 unspecified atom stereocenters. The third kappa shape index (κ3) is 6.47. The molecular formula is C12H19F3INO3. The molecule has 0 aliphatic carbocycles. The fourth-order valence-corrected chi connectivity index (χ4v) is 2.60. The number of carbonyl (C=O) groups is 1. The van der Waals surface area contributed by atoms with Crippen LogP contribution in [0, 0.1) is 0 Å². The maximum atomic E-state index is 12.1. The van der Waals surface area contributed by atoms with Crippen LogP contribution in [0.1, 0.15) is 27.2 Å². The topological polar surface area (TPSA) is 38.8 Å². The van der Waals surface area contributed by atoms with E-state index in [1.807, 2.05) is 0 Å². The van der Waals surface area contributed by atoms with Gasteiger partial charge in [-0.3, -0.25) is 0 Å². The Labute approximate surface area is 130 Å². The van der Waals surface area contributed by atoms with Crippen LogP contribution < -0.4 is 0 Å². The predicted octanol–water partition coefficient (Wildman–Crippen LogP) is 3.38. The number of hydrogen-bond acceptors (Lipinski definition) is 3. The van der Waals surface area contributed by atoms with E-state index in [2.05, 4.69) is 22.6 Å². The quantitative estimate of drug-likeness (QED) is 0.530. The van der Waals surface area contributed by atoms with Gasteiger partial charge in [-0.05, 0) is 20.8 Å². The van der Waals surface area contributed by atoms with Crippen LogP contribution in [-0.2, 0) is 9.47 Å². The first-order valence-electron chi connectivity index (χ1n) is 6.28. The first-order valence-corrected chi connectivity index (χ1v) is 7.53. The van der Waals surface area contributed by atoms with Crippen LogP contribution in [0.4, 0.5) is 18.0 Å². The smallest absolute Gasteiger partial charge is 0.410 e. The van der Waals surface area contributed by atoms with Gasteiger partial charge < -0.3 is 14.4 Å². The Balaban J connectivity index is 2.41. The van der Waals surface area contributed by atoms with Gasteiger partial charge in [-0.1, -0.05) is 22.6 Å². The van der Waals surface area contributed by atoms with E-state index < -0.39 is 24.3 Å². The Morgan fingerprint density at radius 2 is 1.90 bits per heavy atom. The van der Waals surface area contributed by atoms with Crippen molar-refractivity contribution in [1.29, 1.82) is 0 Å². The Bertz CT molecular complexity index is 344. The van der Waals surface area contributed by atoms with E-state index in [9.17, 15) is 18.0 Å². The minimum atomic E-state index is -4.22. The number of alkyl halides is 4. The number of nitrogens with zero attached hydrogens (tertiary/aromatic N) is 1. The third-order valence-corrected chi connectivity index (χ3v) is 3.76. The van der Waals surface area contributed by atoms with Gasteiger partial charge in [0.1, 0.15) is 5.60 Å². The Morgan fingerprint density at radius 3 is 2.40 bits per heavy atom. The highest BCUT2D eigenvalue weighted by Gasteiger charge is 2.37. The average Bonchev–Trinajstić information content (AvgIpc) is 2.56. The van der Waals surface area contributed by atoms with Crippen molar-refractivity contribution in [2.75, 3.05) is 19.7 Å². The number of amides is 1. The van der Waals surface area contributed by atoms with Crippen molar-refractivity contribution in [1.82, 2.24) is 4.90 Å². The van der Waals surface area contributed by atoms with Crippen molar-refractivity contribution in [2.24, 2.45) is 0 Å². The predicted molar refractivity (Wildman–Crippen MR) is 76.0 cm³/mol. The van der Waals surface area contributed by atoms with E-state index >= 15 is 0 Å². The molecule has 20 heavy (non-hydrogen) atoms. The second-order valence-corrected chi connectivity index (χ2v) is 7.28. The van der Waals surface area contributed by atoms with Gasteiger partial charge in [0.2, 0.25) is 0 Å². The molecule has 1 fully saturated rings. The molecule has 0 saturated carbocycles. The van der Waals surface area contributed by atoms with Gasteiger partial charge in [0.05, 0.1) is 29.6 Å². The summed E-state index contributed by atoms with van der Waals surface area (Å²) < 4.78 is 46.6. The highest BCUT2D eigenvalue weighted by Crippen LogP contribution is 2.25. The minimum Gasteiger partial charge on any atom is -0.444 e. The van der Waals surface area contributed by atoms with Crippen LogP contribution in [0.15, 0.2) is 0 Å². The molecule has 1 aliphatic rings. The van der Waals surface area contributed by atoms with E-state index in [-0.39, 0.29) is 23.2 Å². The van der Waals surface area contributed by atoms with Crippen LogP contribution in [0.2, 0.25) is 0 Å². The lowest BCUT2D eigenvalue weighted by molar-refractivity contribution is -0.148. The fraction of sp³-hybridized carbons (Fsp3) is 0.917. The zero-order chi connectivity index (χ0) is 15.6. The molecule has 118 valence electrons. The van der Waals surface area contributed by atoms with Gasteiger partial charge in [0.15, 0.2) is 0 Å². The van der Waals surface area contributed by atoms with Crippen molar-refractivity contribution in [3.63, 3.8) is 0 Å². The monoisotopic (exact) mass is 409 g/mol. The molecule has 8 heteroatoms. The highest BCUT2D eigenvalue weighted by atomic mass is 127. The molecule has 0 aromatic carbocycles. The fourth-order valence-electron chi connectivity index (χ4n) is 1.69. The van der Waals surface area contributed by atoms with E-state index in [0.29, 0.717) is 6.54 Å². The van der Waals surface area contributed by atoms with E-state index in [1.165, 1.54) is 4.90 Å². The summed E-state index contributed by atoms with van der Waals surface area (Å²) in [5.74, 6) is 0. The Kier molecular flexibility index (Phi) is 5.94. The van der Waals surface area contributed by atoms with Crippen molar-refractivity contribution < 1.29 is 27.4 Å². The lowest BCUT2D eigenvalue weighted by Gasteiger charge is -2.24. The number of rotatable bonds is 3. The summed E-state index contributed by atoms with van der Waals surface area (Å²) in [6, 6.07) is 0. The molecule has 1 aliphatic heterocycles. The summed E-state index contributed by atoms with van der Waals surface area (Å²) in [6.07, 6.45) is -6.03. The van der Waals surface area contributed by atoms with Crippen molar-refractivity contribution in [3.05, 3.63) is 0 Å². The third-order valence-electron chi connectivity index (χ3n) is 2.57. The first kappa shape index (κ1) is 17.8. The zero-order valence-electron chi connectivity index (χ0n) is 11.7. The SMILES string of the molecule is CC(C)(C)OC(=O)N1CC(I)C(OCCC(F)(F)F)C1. The summed E-state index contributed by atoms with van der Waals surface area (Å²) in [7, 11) is 0. The first-order chi connectivity index (χ1) is 8.98. The number of halogens is 4. The summed E-state index contributed by atoms with van der Waals surface area (Å²) in [5.41, 5.74) is -0.590. The molecule has 1 saturated heterocycles. The Morgan fingerprint density at radius 1 is 1.30 bits per heavy atom. The largest absolute Gasteiger partial charge is 0.444 e. The second-order valence-electron chi connectivity index (χ2n) is 5.68. The van der Waals surface area contributed by atoms with Crippen LogP contribution in [0.25, 0.3) is 0 Å². The Hall–Kier alpha value is -0.250. The van der Waals surface area contributed by atoms with E-state index in [4.69, 9.17) is 9.47 Å².